The summed E-state index contributed by atoms with van der Waals surface area (Å²) < 4.78 is 2.23. The van der Waals surface area contributed by atoms with Gasteiger partial charge in [-0.05, 0) is 49.1 Å². The van der Waals surface area contributed by atoms with Gasteiger partial charge in [0.2, 0.25) is 5.95 Å². The zero-order valence-electron chi connectivity index (χ0n) is 21.9. The molecule has 1 saturated heterocycles. The fourth-order valence-electron chi connectivity index (χ4n) is 4.90. The summed E-state index contributed by atoms with van der Waals surface area (Å²) in [4.78, 5) is 37.3. The molecule has 1 aliphatic heterocycles. The van der Waals surface area contributed by atoms with Crippen molar-refractivity contribution in [2.45, 2.75) is 26.8 Å². The zero-order valence-corrected chi connectivity index (χ0v) is 23.6. The summed E-state index contributed by atoms with van der Waals surface area (Å²) >= 11 is 3.34. The normalized spacial score (nSPS) is 13.7. The quantitative estimate of drug-likeness (QED) is 0.267. The minimum atomic E-state index is 0.0597. The number of rotatable bonds is 7. The van der Waals surface area contributed by atoms with Crippen LogP contribution in [-0.2, 0) is 13.0 Å². The molecule has 0 aromatic carbocycles. The largest absolute Gasteiger partial charge is 0.338 e. The van der Waals surface area contributed by atoms with E-state index in [0.717, 1.165) is 45.3 Å². The number of hydrogen-bond acceptors (Lipinski definition) is 8. The molecule has 10 heteroatoms. The Morgan fingerprint density at radius 1 is 0.974 bits per heavy atom. The van der Waals surface area contributed by atoms with E-state index in [4.69, 9.17) is 4.98 Å². The third-order valence-electron chi connectivity index (χ3n) is 7.09. The molecule has 5 aromatic rings. The van der Waals surface area contributed by atoms with Crippen molar-refractivity contribution in [2.24, 2.45) is 0 Å². The molecule has 1 aliphatic rings. The topological polar surface area (TPSA) is 80.0 Å². The molecule has 0 N–H and O–H groups in total. The fraction of sp³-hybridized carbons (Fsp3) is 0.276. The van der Waals surface area contributed by atoms with Gasteiger partial charge in [0.25, 0.3) is 5.91 Å². The van der Waals surface area contributed by atoms with Gasteiger partial charge in [-0.2, -0.15) is 0 Å². The van der Waals surface area contributed by atoms with Gasteiger partial charge < -0.3 is 14.4 Å². The van der Waals surface area contributed by atoms with Crippen molar-refractivity contribution in [3.05, 3.63) is 87.6 Å². The van der Waals surface area contributed by atoms with Crippen LogP contribution < -0.4 is 4.90 Å². The van der Waals surface area contributed by atoms with Gasteiger partial charge in [0.15, 0.2) is 0 Å². The number of aromatic nitrogens is 5. The lowest BCUT2D eigenvalue weighted by molar-refractivity contribution is 0.0745. The number of piperazine rings is 1. The Morgan fingerprint density at radius 3 is 2.54 bits per heavy atom. The first-order valence-corrected chi connectivity index (χ1v) is 14.8. The van der Waals surface area contributed by atoms with Crippen LogP contribution in [0.2, 0.25) is 0 Å². The minimum Gasteiger partial charge on any atom is -0.338 e. The molecule has 8 nitrogen and oxygen atoms in total. The van der Waals surface area contributed by atoms with Crippen molar-refractivity contribution < 1.29 is 4.79 Å². The van der Waals surface area contributed by atoms with Gasteiger partial charge in [-0.1, -0.05) is 13.0 Å². The van der Waals surface area contributed by atoms with Crippen LogP contribution in [0, 0.1) is 6.92 Å². The summed E-state index contributed by atoms with van der Waals surface area (Å²) in [6.07, 6.45) is 6.23. The molecule has 6 heterocycles. The van der Waals surface area contributed by atoms with Crippen LogP contribution in [0.1, 0.15) is 33.5 Å². The second-order valence-corrected chi connectivity index (χ2v) is 11.3. The Bertz CT molecular complexity index is 1570. The first kappa shape index (κ1) is 25.4. The highest BCUT2D eigenvalue weighted by atomic mass is 32.1. The zero-order chi connectivity index (χ0) is 26.8. The number of amides is 1. The molecule has 0 spiro atoms. The number of anilines is 1. The highest BCUT2D eigenvalue weighted by Gasteiger charge is 2.27. The maximum absolute atomic E-state index is 13.8. The van der Waals surface area contributed by atoms with Crippen molar-refractivity contribution >= 4 is 34.5 Å². The average molecular weight is 556 g/mol. The second-order valence-electron chi connectivity index (χ2n) is 9.45. The van der Waals surface area contributed by atoms with E-state index < -0.39 is 0 Å². The first-order chi connectivity index (χ1) is 19.1. The predicted molar refractivity (Wildman–Crippen MR) is 156 cm³/mol. The van der Waals surface area contributed by atoms with E-state index in [1.807, 2.05) is 36.2 Å². The number of aryl methyl sites for hydroxylation is 1. The number of carbonyl (C=O) groups excluding carboxylic acids is 1. The van der Waals surface area contributed by atoms with E-state index >= 15 is 0 Å². The molecule has 0 saturated carbocycles. The Kier molecular flexibility index (Phi) is 7.21. The monoisotopic (exact) mass is 555 g/mol. The standard InChI is InChI=1S/C29H29N7OS2/c1-3-22-16-21(7-10-30-22)27-33-25(19-39-27)26-17-24(20(2)36(26)18-23-6-4-15-38-23)28(37)34-11-13-35(14-12-34)29-31-8-5-9-32-29/h4-10,15-17,19H,3,11-14,18H2,1-2H3. The second kappa shape index (κ2) is 11.1. The van der Waals surface area contributed by atoms with Gasteiger partial charge in [0.1, 0.15) is 5.01 Å². The van der Waals surface area contributed by atoms with Crippen molar-refractivity contribution in [1.29, 1.82) is 0 Å². The molecule has 5 aromatic heterocycles. The summed E-state index contributed by atoms with van der Waals surface area (Å²) in [5.41, 5.74) is 5.67. The molecular weight excluding hydrogens is 527 g/mol. The summed E-state index contributed by atoms with van der Waals surface area (Å²) in [6, 6.07) is 12.2. The lowest BCUT2D eigenvalue weighted by Gasteiger charge is -2.34. The molecule has 6 rings (SSSR count). The predicted octanol–water partition coefficient (Wildman–Crippen LogP) is 5.41. The third-order valence-corrected chi connectivity index (χ3v) is 8.84. The molecule has 0 atom stereocenters. The van der Waals surface area contributed by atoms with Crippen LogP contribution in [0.5, 0.6) is 0 Å². The van der Waals surface area contributed by atoms with E-state index in [-0.39, 0.29) is 5.91 Å². The summed E-state index contributed by atoms with van der Waals surface area (Å²) in [5.74, 6) is 0.772. The number of thiazole rings is 1. The van der Waals surface area contributed by atoms with Crippen LogP contribution >= 0.6 is 22.7 Å². The maximum Gasteiger partial charge on any atom is 0.255 e. The number of hydrogen-bond donors (Lipinski definition) is 0. The smallest absolute Gasteiger partial charge is 0.255 e. The van der Waals surface area contributed by atoms with Gasteiger partial charge in [-0.15, -0.1) is 22.7 Å². The van der Waals surface area contributed by atoms with Crippen LogP contribution in [0.3, 0.4) is 0 Å². The molecule has 198 valence electrons. The van der Waals surface area contributed by atoms with E-state index in [9.17, 15) is 4.79 Å². The molecule has 1 fully saturated rings. The summed E-state index contributed by atoms with van der Waals surface area (Å²) in [5, 5.41) is 5.13. The van der Waals surface area contributed by atoms with Crippen molar-refractivity contribution in [1.82, 2.24) is 29.4 Å². The number of pyridine rings is 1. The molecule has 0 bridgehead atoms. The molecule has 0 radical (unpaired) electrons. The Hall–Kier alpha value is -3.89. The van der Waals surface area contributed by atoms with E-state index in [0.29, 0.717) is 38.7 Å². The molecule has 0 aliphatic carbocycles. The van der Waals surface area contributed by atoms with E-state index in [1.165, 1.54) is 4.88 Å². The average Bonchev–Trinajstić information content (AvgIpc) is 3.75. The maximum atomic E-state index is 13.8. The number of nitrogens with zero attached hydrogens (tertiary/aromatic N) is 7. The molecule has 39 heavy (non-hydrogen) atoms. The molecule has 0 unspecified atom stereocenters. The highest BCUT2D eigenvalue weighted by molar-refractivity contribution is 7.13. The Labute approximate surface area is 235 Å². The highest BCUT2D eigenvalue weighted by Crippen LogP contribution is 2.33. The van der Waals surface area contributed by atoms with Crippen LogP contribution in [0.15, 0.2) is 65.7 Å². The van der Waals surface area contributed by atoms with Crippen molar-refractivity contribution in [3.63, 3.8) is 0 Å². The van der Waals surface area contributed by atoms with Crippen LogP contribution in [0.25, 0.3) is 22.0 Å². The van der Waals surface area contributed by atoms with E-state index in [1.54, 1.807) is 35.1 Å². The van der Waals surface area contributed by atoms with Crippen LogP contribution in [0.4, 0.5) is 5.95 Å². The fourth-order valence-corrected chi connectivity index (χ4v) is 6.40. The van der Waals surface area contributed by atoms with Gasteiger partial charge in [-0.25, -0.2) is 15.0 Å². The summed E-state index contributed by atoms with van der Waals surface area (Å²) in [6.45, 7) is 7.52. The van der Waals surface area contributed by atoms with Gasteiger partial charge in [0, 0.05) is 72.0 Å². The lowest BCUT2D eigenvalue weighted by atomic mass is 10.2. The van der Waals surface area contributed by atoms with Crippen molar-refractivity contribution in [3.8, 4) is 22.0 Å². The van der Waals surface area contributed by atoms with Gasteiger partial charge in [0.05, 0.1) is 23.5 Å². The van der Waals surface area contributed by atoms with Crippen LogP contribution in [-0.4, -0.2) is 61.5 Å². The lowest BCUT2D eigenvalue weighted by Crippen LogP contribution is -2.49. The van der Waals surface area contributed by atoms with Gasteiger partial charge >= 0.3 is 0 Å². The number of thiophene rings is 1. The first-order valence-electron chi connectivity index (χ1n) is 13.1. The van der Waals surface area contributed by atoms with E-state index in [2.05, 4.69) is 60.3 Å². The minimum absolute atomic E-state index is 0.0597. The Morgan fingerprint density at radius 2 is 1.79 bits per heavy atom. The molecular formula is C29H29N7OS2. The van der Waals surface area contributed by atoms with Gasteiger partial charge in [-0.3, -0.25) is 9.78 Å². The van der Waals surface area contributed by atoms with Crippen molar-refractivity contribution in [2.75, 3.05) is 31.1 Å². The Balaban J connectivity index is 1.29. The third kappa shape index (κ3) is 5.22. The summed E-state index contributed by atoms with van der Waals surface area (Å²) in [7, 11) is 0. The number of carbonyl (C=O) groups is 1. The SMILES string of the molecule is CCc1cc(-c2nc(-c3cc(C(=O)N4CCN(c5ncccn5)CC4)c(C)n3Cc3cccs3)cs2)ccn1. The molecule has 1 amide bonds.